The van der Waals surface area contributed by atoms with Crippen LogP contribution in [0.15, 0.2) is 36.4 Å². The summed E-state index contributed by atoms with van der Waals surface area (Å²) >= 11 is 1.48. The Morgan fingerprint density at radius 1 is 0.912 bits per heavy atom. The van der Waals surface area contributed by atoms with Gasteiger partial charge in [0, 0.05) is 48.4 Å². The number of benzene rings is 2. The number of hydrogen-bond acceptors (Lipinski definition) is 8. The number of thiazole rings is 1. The summed E-state index contributed by atoms with van der Waals surface area (Å²) in [5.74, 6) is 2.40. The van der Waals surface area contributed by atoms with Crippen LogP contribution in [-0.2, 0) is 0 Å². The maximum absolute atomic E-state index is 13.3. The molecule has 8 nitrogen and oxygen atoms in total. The van der Waals surface area contributed by atoms with Crippen molar-refractivity contribution in [1.29, 1.82) is 0 Å². The molecule has 3 aromatic rings. The highest BCUT2D eigenvalue weighted by Gasteiger charge is 2.27. The van der Waals surface area contributed by atoms with Crippen LogP contribution in [0.4, 0.5) is 5.69 Å². The predicted molar refractivity (Wildman–Crippen MR) is 133 cm³/mol. The van der Waals surface area contributed by atoms with Crippen molar-refractivity contribution in [3.8, 4) is 33.6 Å². The summed E-state index contributed by atoms with van der Waals surface area (Å²) in [6.45, 7) is 4.70. The Kier molecular flexibility index (Phi) is 7.12. The molecule has 180 valence electrons. The van der Waals surface area contributed by atoms with Crippen molar-refractivity contribution in [1.82, 2.24) is 9.88 Å². The van der Waals surface area contributed by atoms with E-state index in [0.29, 0.717) is 36.0 Å². The van der Waals surface area contributed by atoms with Crippen LogP contribution in [0, 0.1) is 6.92 Å². The molecule has 0 saturated carbocycles. The lowest BCUT2D eigenvalue weighted by Gasteiger charge is -2.36. The highest BCUT2D eigenvalue weighted by Crippen LogP contribution is 2.42. The number of rotatable bonds is 7. The molecule has 2 heterocycles. The molecule has 1 aromatic heterocycles. The van der Waals surface area contributed by atoms with Crippen LogP contribution < -0.4 is 23.8 Å². The van der Waals surface area contributed by atoms with Gasteiger partial charge in [0.1, 0.15) is 16.5 Å². The summed E-state index contributed by atoms with van der Waals surface area (Å²) in [5, 5.41) is 0.732. The van der Waals surface area contributed by atoms with Crippen molar-refractivity contribution in [3.05, 3.63) is 47.0 Å². The van der Waals surface area contributed by atoms with Crippen molar-refractivity contribution in [3.63, 3.8) is 0 Å². The fraction of sp³-hybridized carbons (Fsp3) is 0.360. The monoisotopic (exact) mass is 483 g/mol. The Morgan fingerprint density at radius 3 is 2.18 bits per heavy atom. The van der Waals surface area contributed by atoms with E-state index in [1.54, 1.807) is 28.4 Å². The molecule has 1 aliphatic heterocycles. The first-order valence-corrected chi connectivity index (χ1v) is 11.8. The van der Waals surface area contributed by atoms with Gasteiger partial charge in [-0.25, -0.2) is 4.98 Å². The number of aryl methyl sites for hydroxylation is 1. The third-order valence-electron chi connectivity index (χ3n) is 5.90. The zero-order valence-electron chi connectivity index (χ0n) is 20.1. The number of ether oxygens (including phenoxy) is 4. The Bertz CT molecular complexity index is 1150. The molecule has 1 aliphatic rings. The first kappa shape index (κ1) is 23.7. The zero-order chi connectivity index (χ0) is 24.2. The second-order valence-electron chi connectivity index (χ2n) is 7.82. The van der Waals surface area contributed by atoms with Crippen LogP contribution in [0.1, 0.15) is 15.4 Å². The normalized spacial score (nSPS) is 13.6. The summed E-state index contributed by atoms with van der Waals surface area (Å²) in [7, 11) is 6.39. The Labute approximate surface area is 203 Å². The standard InChI is InChI=1S/C25H29N3O5S/c1-16-22(26-24(34-16)17-13-20(31-3)23(33-5)21(14-17)32-4)25(29)28-11-9-27(10-12-28)18-7-6-8-19(15-18)30-2/h6-8,13-15H,9-12H2,1-5H3. The van der Waals surface area contributed by atoms with E-state index in [2.05, 4.69) is 11.0 Å². The van der Waals surface area contributed by atoms with E-state index in [-0.39, 0.29) is 5.91 Å². The van der Waals surface area contributed by atoms with Crippen LogP contribution >= 0.6 is 11.3 Å². The van der Waals surface area contributed by atoms with E-state index in [1.165, 1.54) is 11.3 Å². The molecule has 0 aliphatic carbocycles. The molecule has 34 heavy (non-hydrogen) atoms. The van der Waals surface area contributed by atoms with Crippen LogP contribution in [-0.4, -0.2) is 70.4 Å². The van der Waals surface area contributed by atoms with E-state index >= 15 is 0 Å². The molecule has 0 unspecified atom stereocenters. The molecule has 0 bridgehead atoms. The first-order valence-electron chi connectivity index (χ1n) is 10.9. The topological polar surface area (TPSA) is 73.4 Å². The van der Waals surface area contributed by atoms with Crippen molar-refractivity contribution in [2.24, 2.45) is 0 Å². The maximum Gasteiger partial charge on any atom is 0.273 e. The largest absolute Gasteiger partial charge is 0.497 e. The number of methoxy groups -OCH3 is 4. The summed E-state index contributed by atoms with van der Waals surface area (Å²) in [6, 6.07) is 11.7. The molecule has 1 saturated heterocycles. The Balaban J connectivity index is 1.51. The van der Waals surface area contributed by atoms with E-state index in [0.717, 1.165) is 40.0 Å². The molecule has 0 radical (unpaired) electrons. The van der Waals surface area contributed by atoms with Crippen molar-refractivity contribution in [2.75, 3.05) is 59.5 Å². The number of aromatic nitrogens is 1. The van der Waals surface area contributed by atoms with Crippen LogP contribution in [0.2, 0.25) is 0 Å². The molecule has 1 amide bonds. The van der Waals surface area contributed by atoms with Gasteiger partial charge in [0.25, 0.3) is 5.91 Å². The number of carbonyl (C=O) groups excluding carboxylic acids is 1. The van der Waals surface area contributed by atoms with Crippen molar-refractivity contribution in [2.45, 2.75) is 6.92 Å². The third kappa shape index (κ3) is 4.61. The van der Waals surface area contributed by atoms with E-state index in [1.807, 2.05) is 42.2 Å². The fourth-order valence-corrected chi connectivity index (χ4v) is 4.94. The molecule has 1 fully saturated rings. The van der Waals surface area contributed by atoms with Gasteiger partial charge in [-0.3, -0.25) is 4.79 Å². The predicted octanol–water partition coefficient (Wildman–Crippen LogP) is 4.12. The molecule has 0 N–H and O–H groups in total. The SMILES string of the molecule is COc1cccc(N2CCN(C(=O)c3nc(-c4cc(OC)c(OC)c(OC)c4)sc3C)CC2)c1. The average molecular weight is 484 g/mol. The van der Waals surface area contributed by atoms with E-state index in [4.69, 9.17) is 23.9 Å². The quantitative estimate of drug-likeness (QED) is 0.501. The fourth-order valence-electron chi connectivity index (χ4n) is 4.05. The lowest BCUT2D eigenvalue weighted by Crippen LogP contribution is -2.49. The molecule has 0 atom stereocenters. The number of amides is 1. The van der Waals surface area contributed by atoms with Gasteiger partial charge in [0.15, 0.2) is 11.5 Å². The van der Waals surface area contributed by atoms with Crippen LogP contribution in [0.5, 0.6) is 23.0 Å². The van der Waals surface area contributed by atoms with Gasteiger partial charge in [-0.1, -0.05) is 6.07 Å². The summed E-state index contributed by atoms with van der Waals surface area (Å²) in [4.78, 5) is 23.0. The van der Waals surface area contributed by atoms with Crippen LogP contribution in [0.3, 0.4) is 0 Å². The minimum atomic E-state index is -0.0438. The second-order valence-corrected chi connectivity index (χ2v) is 9.02. The summed E-state index contributed by atoms with van der Waals surface area (Å²) < 4.78 is 21.7. The molecular weight excluding hydrogens is 454 g/mol. The molecule has 9 heteroatoms. The summed E-state index contributed by atoms with van der Waals surface area (Å²) in [6.07, 6.45) is 0. The van der Waals surface area contributed by atoms with Crippen LogP contribution in [0.25, 0.3) is 10.6 Å². The Hall–Kier alpha value is -3.46. The van der Waals surface area contributed by atoms with Crippen molar-refractivity contribution < 1.29 is 23.7 Å². The van der Waals surface area contributed by atoms with Gasteiger partial charge in [-0.05, 0) is 31.2 Å². The highest BCUT2D eigenvalue weighted by molar-refractivity contribution is 7.15. The lowest BCUT2D eigenvalue weighted by atomic mass is 10.2. The third-order valence-corrected chi connectivity index (χ3v) is 6.92. The number of nitrogens with zero attached hydrogens (tertiary/aromatic N) is 3. The maximum atomic E-state index is 13.3. The smallest absolute Gasteiger partial charge is 0.273 e. The van der Waals surface area contributed by atoms with Gasteiger partial charge in [0.05, 0.1) is 28.4 Å². The second kappa shape index (κ2) is 10.2. The van der Waals surface area contributed by atoms with Gasteiger partial charge >= 0.3 is 0 Å². The number of anilines is 1. The first-order chi connectivity index (χ1) is 16.5. The van der Waals surface area contributed by atoms with Gasteiger partial charge in [-0.2, -0.15) is 0 Å². The van der Waals surface area contributed by atoms with Gasteiger partial charge in [-0.15, -0.1) is 11.3 Å². The number of piperazine rings is 1. The van der Waals surface area contributed by atoms with Crippen molar-refractivity contribution >= 4 is 22.9 Å². The molecule has 2 aromatic carbocycles. The lowest BCUT2D eigenvalue weighted by molar-refractivity contribution is 0.0741. The minimum absolute atomic E-state index is 0.0438. The van der Waals surface area contributed by atoms with Gasteiger partial charge < -0.3 is 28.7 Å². The van der Waals surface area contributed by atoms with E-state index in [9.17, 15) is 4.79 Å². The molecule has 0 spiro atoms. The highest BCUT2D eigenvalue weighted by atomic mass is 32.1. The average Bonchev–Trinajstić information content (AvgIpc) is 3.28. The van der Waals surface area contributed by atoms with E-state index < -0.39 is 0 Å². The number of hydrogen-bond donors (Lipinski definition) is 0. The summed E-state index contributed by atoms with van der Waals surface area (Å²) in [5.41, 5.74) is 2.40. The molecule has 4 rings (SSSR count). The van der Waals surface area contributed by atoms with Gasteiger partial charge in [0.2, 0.25) is 5.75 Å². The minimum Gasteiger partial charge on any atom is -0.497 e. The Morgan fingerprint density at radius 2 is 1.59 bits per heavy atom. The molecular formula is C25H29N3O5S. The zero-order valence-corrected chi connectivity index (χ0v) is 20.9. The number of carbonyl (C=O) groups is 1.